The van der Waals surface area contributed by atoms with E-state index in [2.05, 4.69) is 0 Å². The maximum atomic E-state index is 12.2. The van der Waals surface area contributed by atoms with Crippen LogP contribution in [0.1, 0.15) is 12.0 Å². The third kappa shape index (κ3) is 2.98. The van der Waals surface area contributed by atoms with Gasteiger partial charge in [0.15, 0.2) is 0 Å². The molecule has 0 saturated carbocycles. The van der Waals surface area contributed by atoms with E-state index in [1.165, 1.54) is 12.0 Å². The summed E-state index contributed by atoms with van der Waals surface area (Å²) >= 11 is 0. The minimum Gasteiger partial charge on any atom is -0.497 e. The van der Waals surface area contributed by atoms with Gasteiger partial charge in [-0.25, -0.2) is 4.79 Å². The van der Waals surface area contributed by atoms with E-state index in [1.54, 1.807) is 25.3 Å². The Morgan fingerprint density at radius 3 is 2.68 bits per heavy atom. The molecule has 3 N–H and O–H groups in total. The highest BCUT2D eigenvalue weighted by molar-refractivity contribution is 6.02. The third-order valence-electron chi connectivity index (χ3n) is 3.59. The van der Waals surface area contributed by atoms with Crippen LogP contribution >= 0.6 is 0 Å². The molecule has 22 heavy (non-hydrogen) atoms. The standard InChI is InChI=1S/C15H18N2O5/c1-21-10-4-3-9(12(7-10)22-2)8-17-6-5-11(15(19)20)13(16)14(17)18/h3-4,7H,5-6,8,16H2,1-2H3,(H,19,20). The van der Waals surface area contributed by atoms with Gasteiger partial charge in [0.2, 0.25) is 0 Å². The second-order valence-electron chi connectivity index (χ2n) is 4.85. The lowest BCUT2D eigenvalue weighted by atomic mass is 10.0. The largest absolute Gasteiger partial charge is 0.497 e. The summed E-state index contributed by atoms with van der Waals surface area (Å²) in [6, 6.07) is 5.30. The van der Waals surface area contributed by atoms with E-state index in [0.717, 1.165) is 5.56 Å². The van der Waals surface area contributed by atoms with E-state index in [9.17, 15) is 9.59 Å². The molecule has 7 heteroatoms. The molecule has 0 atom stereocenters. The van der Waals surface area contributed by atoms with Crippen LogP contribution < -0.4 is 15.2 Å². The van der Waals surface area contributed by atoms with Crippen LogP contribution in [0, 0.1) is 0 Å². The molecule has 7 nitrogen and oxygen atoms in total. The van der Waals surface area contributed by atoms with E-state index >= 15 is 0 Å². The summed E-state index contributed by atoms with van der Waals surface area (Å²) in [4.78, 5) is 24.7. The maximum absolute atomic E-state index is 12.2. The molecule has 1 heterocycles. The van der Waals surface area contributed by atoms with Crippen LogP contribution in [0.25, 0.3) is 0 Å². The summed E-state index contributed by atoms with van der Waals surface area (Å²) in [5, 5.41) is 9.00. The van der Waals surface area contributed by atoms with Crippen molar-refractivity contribution < 1.29 is 24.2 Å². The van der Waals surface area contributed by atoms with Gasteiger partial charge in [-0.15, -0.1) is 0 Å². The Kier molecular flexibility index (Phi) is 4.55. The SMILES string of the molecule is COc1ccc(CN2CCC(C(=O)O)=C(N)C2=O)c(OC)c1. The number of nitrogens with zero attached hydrogens (tertiary/aromatic N) is 1. The first kappa shape index (κ1) is 15.7. The first-order valence-electron chi connectivity index (χ1n) is 6.70. The summed E-state index contributed by atoms with van der Waals surface area (Å²) in [7, 11) is 3.09. The number of hydrogen-bond donors (Lipinski definition) is 2. The second kappa shape index (κ2) is 6.38. The predicted octanol–water partition coefficient (Wildman–Crippen LogP) is 0.734. The molecule has 1 aliphatic heterocycles. The number of carbonyl (C=O) groups is 2. The first-order valence-corrected chi connectivity index (χ1v) is 6.70. The predicted molar refractivity (Wildman–Crippen MR) is 78.4 cm³/mol. The number of methoxy groups -OCH3 is 2. The van der Waals surface area contributed by atoms with Crippen molar-refractivity contribution in [3.8, 4) is 11.5 Å². The van der Waals surface area contributed by atoms with Gasteiger partial charge in [0.1, 0.15) is 17.2 Å². The number of nitrogens with two attached hydrogens (primary N) is 1. The molecule has 1 amide bonds. The molecular formula is C15H18N2O5. The average molecular weight is 306 g/mol. The Labute approximate surface area is 127 Å². The van der Waals surface area contributed by atoms with Crippen LogP contribution in [0.15, 0.2) is 29.5 Å². The van der Waals surface area contributed by atoms with Crippen molar-refractivity contribution in [1.82, 2.24) is 4.90 Å². The highest BCUT2D eigenvalue weighted by Gasteiger charge is 2.28. The molecule has 1 aliphatic rings. The van der Waals surface area contributed by atoms with Crippen molar-refractivity contribution in [3.05, 3.63) is 35.0 Å². The molecule has 0 radical (unpaired) electrons. The van der Waals surface area contributed by atoms with Crippen LogP contribution in [-0.2, 0) is 16.1 Å². The van der Waals surface area contributed by atoms with Crippen LogP contribution in [0.5, 0.6) is 11.5 Å². The number of carboxylic acids is 1. The zero-order valence-electron chi connectivity index (χ0n) is 12.5. The van der Waals surface area contributed by atoms with Crippen molar-refractivity contribution in [1.29, 1.82) is 0 Å². The lowest BCUT2D eigenvalue weighted by Crippen LogP contribution is -2.40. The molecule has 118 valence electrons. The highest BCUT2D eigenvalue weighted by atomic mass is 16.5. The average Bonchev–Trinajstić information content (AvgIpc) is 2.51. The van der Waals surface area contributed by atoms with Gasteiger partial charge < -0.3 is 25.2 Å². The number of benzene rings is 1. The summed E-state index contributed by atoms with van der Waals surface area (Å²) in [6.45, 7) is 0.593. The van der Waals surface area contributed by atoms with Crippen LogP contribution in [-0.4, -0.2) is 42.6 Å². The Morgan fingerprint density at radius 1 is 1.36 bits per heavy atom. The van der Waals surface area contributed by atoms with Gasteiger partial charge in [-0.05, 0) is 18.6 Å². The summed E-state index contributed by atoms with van der Waals surface area (Å²) < 4.78 is 10.4. The highest BCUT2D eigenvalue weighted by Crippen LogP contribution is 2.27. The van der Waals surface area contributed by atoms with Gasteiger partial charge in [0.05, 0.1) is 19.8 Å². The van der Waals surface area contributed by atoms with Crippen LogP contribution in [0.4, 0.5) is 0 Å². The monoisotopic (exact) mass is 306 g/mol. The molecule has 1 aromatic carbocycles. The molecule has 0 spiro atoms. The Balaban J connectivity index is 2.22. The third-order valence-corrected chi connectivity index (χ3v) is 3.59. The quantitative estimate of drug-likeness (QED) is 0.831. The summed E-state index contributed by atoms with van der Waals surface area (Å²) in [6.07, 6.45) is 0.228. The zero-order valence-corrected chi connectivity index (χ0v) is 12.5. The molecule has 0 unspecified atom stereocenters. The Bertz CT molecular complexity index is 639. The fourth-order valence-corrected chi connectivity index (χ4v) is 2.34. The Hall–Kier alpha value is -2.70. The van der Waals surface area contributed by atoms with Crippen molar-refractivity contribution >= 4 is 11.9 Å². The number of amides is 1. The number of hydrogen-bond acceptors (Lipinski definition) is 5. The normalized spacial score (nSPS) is 15.0. The van der Waals surface area contributed by atoms with E-state index in [1.807, 2.05) is 0 Å². The van der Waals surface area contributed by atoms with E-state index < -0.39 is 11.9 Å². The fraction of sp³-hybridized carbons (Fsp3) is 0.333. The lowest BCUT2D eigenvalue weighted by molar-refractivity contribution is -0.135. The van der Waals surface area contributed by atoms with Gasteiger partial charge in [0, 0.05) is 24.7 Å². The summed E-state index contributed by atoms with van der Waals surface area (Å²) in [5.41, 5.74) is 6.21. The van der Waals surface area contributed by atoms with Gasteiger partial charge in [-0.3, -0.25) is 4.79 Å². The number of ether oxygens (including phenoxy) is 2. The lowest BCUT2D eigenvalue weighted by Gasteiger charge is -2.28. The van der Waals surface area contributed by atoms with Gasteiger partial charge in [0.25, 0.3) is 5.91 Å². The van der Waals surface area contributed by atoms with Crippen molar-refractivity contribution in [2.75, 3.05) is 20.8 Å². The molecule has 0 fully saturated rings. The van der Waals surface area contributed by atoms with Gasteiger partial charge >= 0.3 is 5.97 Å². The molecule has 0 saturated heterocycles. The van der Waals surface area contributed by atoms with Crippen molar-refractivity contribution in [3.63, 3.8) is 0 Å². The second-order valence-corrected chi connectivity index (χ2v) is 4.85. The maximum Gasteiger partial charge on any atom is 0.333 e. The number of carboxylic acid groups (broad SMARTS) is 1. The minimum atomic E-state index is -1.15. The van der Waals surface area contributed by atoms with E-state index in [4.69, 9.17) is 20.3 Å². The van der Waals surface area contributed by atoms with Gasteiger partial charge in [-0.2, -0.15) is 0 Å². The summed E-state index contributed by atoms with van der Waals surface area (Å²) in [5.74, 6) is -0.370. The molecule has 0 aromatic heterocycles. The number of carbonyl (C=O) groups excluding carboxylic acids is 1. The first-order chi connectivity index (χ1) is 10.5. The minimum absolute atomic E-state index is 0.0251. The topological polar surface area (TPSA) is 102 Å². The smallest absolute Gasteiger partial charge is 0.333 e. The molecular weight excluding hydrogens is 288 g/mol. The van der Waals surface area contributed by atoms with Crippen LogP contribution in [0.2, 0.25) is 0 Å². The number of rotatable bonds is 5. The van der Waals surface area contributed by atoms with Crippen LogP contribution in [0.3, 0.4) is 0 Å². The Morgan fingerprint density at radius 2 is 2.09 bits per heavy atom. The van der Waals surface area contributed by atoms with Crippen molar-refractivity contribution in [2.45, 2.75) is 13.0 Å². The van der Waals surface area contributed by atoms with Gasteiger partial charge in [-0.1, -0.05) is 0 Å². The van der Waals surface area contributed by atoms with E-state index in [0.29, 0.717) is 24.6 Å². The molecule has 0 bridgehead atoms. The molecule has 0 aliphatic carbocycles. The fourth-order valence-electron chi connectivity index (χ4n) is 2.34. The van der Waals surface area contributed by atoms with Crippen molar-refractivity contribution in [2.24, 2.45) is 5.73 Å². The number of aliphatic carboxylic acids is 1. The zero-order chi connectivity index (χ0) is 16.3. The van der Waals surface area contributed by atoms with E-state index in [-0.39, 0.29) is 17.7 Å². The molecule has 2 rings (SSSR count). The molecule has 1 aromatic rings.